The van der Waals surface area contributed by atoms with Crippen molar-refractivity contribution in [3.8, 4) is 5.88 Å². The number of aromatic nitrogens is 1. The van der Waals surface area contributed by atoms with Gasteiger partial charge in [0, 0.05) is 61.3 Å². The van der Waals surface area contributed by atoms with Crippen LogP contribution in [0.1, 0.15) is 36.3 Å². The van der Waals surface area contributed by atoms with Crippen molar-refractivity contribution < 1.29 is 5.11 Å². The van der Waals surface area contributed by atoms with Gasteiger partial charge in [-0.3, -0.25) is 4.90 Å². The van der Waals surface area contributed by atoms with Crippen LogP contribution in [0.15, 0.2) is 85.1 Å². The van der Waals surface area contributed by atoms with E-state index >= 15 is 0 Å². The van der Waals surface area contributed by atoms with E-state index in [-0.39, 0.29) is 0 Å². The summed E-state index contributed by atoms with van der Waals surface area (Å²) >= 11 is 0. The minimum absolute atomic E-state index is 0.431. The molecule has 180 valence electrons. The standard InChI is InChI=1S/C31H35N3O/c35-31-30-21-28(14-13-27(30)23-34(31)22-24-11-12-24)33-19-17-32(18-20-33)16-15-29(25-7-3-1-4-8-25)26-9-5-2-6-10-26/h1-10,13-14,21,23-24,29,35H,11-12,15-20,22H2. The van der Waals surface area contributed by atoms with E-state index in [0.29, 0.717) is 11.8 Å². The smallest absolute Gasteiger partial charge is 0.199 e. The first-order valence-electron chi connectivity index (χ1n) is 13.1. The van der Waals surface area contributed by atoms with Crippen LogP contribution in [0, 0.1) is 5.92 Å². The number of rotatable bonds is 8. The van der Waals surface area contributed by atoms with E-state index in [4.69, 9.17) is 0 Å². The Morgan fingerprint density at radius 2 is 1.46 bits per heavy atom. The highest BCUT2D eigenvalue weighted by molar-refractivity contribution is 5.90. The van der Waals surface area contributed by atoms with Gasteiger partial charge in [0.05, 0.1) is 0 Å². The van der Waals surface area contributed by atoms with E-state index in [1.54, 1.807) is 0 Å². The molecule has 2 fully saturated rings. The monoisotopic (exact) mass is 465 g/mol. The van der Waals surface area contributed by atoms with Gasteiger partial charge >= 0.3 is 0 Å². The maximum Gasteiger partial charge on any atom is 0.199 e. The highest BCUT2D eigenvalue weighted by Crippen LogP contribution is 2.36. The molecule has 6 rings (SSSR count). The molecule has 3 aromatic carbocycles. The Hall–Kier alpha value is -3.24. The average Bonchev–Trinajstić information content (AvgIpc) is 3.68. The fourth-order valence-corrected chi connectivity index (χ4v) is 5.59. The third-order valence-corrected chi connectivity index (χ3v) is 7.87. The van der Waals surface area contributed by atoms with Crippen LogP contribution in [0.4, 0.5) is 5.69 Å². The summed E-state index contributed by atoms with van der Waals surface area (Å²) in [5.74, 6) is 1.61. The van der Waals surface area contributed by atoms with Gasteiger partial charge in [0.25, 0.3) is 0 Å². The van der Waals surface area contributed by atoms with E-state index in [9.17, 15) is 5.11 Å². The lowest BCUT2D eigenvalue weighted by Gasteiger charge is -2.36. The Morgan fingerprint density at radius 3 is 2.09 bits per heavy atom. The van der Waals surface area contributed by atoms with Crippen LogP contribution in [-0.4, -0.2) is 47.3 Å². The molecule has 35 heavy (non-hydrogen) atoms. The van der Waals surface area contributed by atoms with Gasteiger partial charge in [0.2, 0.25) is 0 Å². The summed E-state index contributed by atoms with van der Waals surface area (Å²) in [6.45, 7) is 6.24. The van der Waals surface area contributed by atoms with Gasteiger partial charge < -0.3 is 14.6 Å². The van der Waals surface area contributed by atoms with Crippen LogP contribution >= 0.6 is 0 Å². The first-order chi connectivity index (χ1) is 17.2. The lowest BCUT2D eigenvalue weighted by molar-refractivity contribution is 0.251. The fourth-order valence-electron chi connectivity index (χ4n) is 5.59. The quantitative estimate of drug-likeness (QED) is 0.341. The second-order valence-corrected chi connectivity index (χ2v) is 10.3. The molecule has 1 N–H and O–H groups in total. The van der Waals surface area contributed by atoms with Crippen LogP contribution in [0.2, 0.25) is 0 Å². The van der Waals surface area contributed by atoms with Crippen molar-refractivity contribution in [2.75, 3.05) is 37.6 Å². The van der Waals surface area contributed by atoms with E-state index in [1.165, 1.54) is 29.7 Å². The minimum Gasteiger partial charge on any atom is -0.494 e. The molecule has 1 aromatic heterocycles. The van der Waals surface area contributed by atoms with Crippen LogP contribution in [0.3, 0.4) is 0 Å². The van der Waals surface area contributed by atoms with E-state index in [1.807, 2.05) is 4.57 Å². The molecular formula is C31H35N3O. The molecule has 0 spiro atoms. The number of piperazine rings is 1. The molecule has 4 nitrogen and oxygen atoms in total. The van der Waals surface area contributed by atoms with Gasteiger partial charge in [-0.2, -0.15) is 0 Å². The van der Waals surface area contributed by atoms with Crippen molar-refractivity contribution >= 4 is 16.5 Å². The Labute approximate surface area is 208 Å². The van der Waals surface area contributed by atoms with Crippen molar-refractivity contribution in [2.24, 2.45) is 5.92 Å². The van der Waals surface area contributed by atoms with Gasteiger partial charge in [0.1, 0.15) is 0 Å². The summed E-state index contributed by atoms with van der Waals surface area (Å²) in [5, 5.41) is 12.9. The largest absolute Gasteiger partial charge is 0.494 e. The molecule has 2 heterocycles. The van der Waals surface area contributed by atoms with E-state index in [0.717, 1.165) is 62.4 Å². The van der Waals surface area contributed by atoms with Crippen molar-refractivity contribution in [3.63, 3.8) is 0 Å². The Kier molecular flexibility index (Phi) is 6.22. The summed E-state index contributed by atoms with van der Waals surface area (Å²) in [6, 6.07) is 28.4. The van der Waals surface area contributed by atoms with Crippen molar-refractivity contribution in [3.05, 3.63) is 96.2 Å². The van der Waals surface area contributed by atoms with Crippen LogP contribution in [-0.2, 0) is 6.54 Å². The summed E-state index contributed by atoms with van der Waals surface area (Å²) in [5.41, 5.74) is 4.03. The molecule has 0 bridgehead atoms. The SMILES string of the molecule is Oc1c2cc(N3CCN(CCC(c4ccccc4)c4ccccc4)CC3)ccc2cn1CC1CC1. The fraction of sp³-hybridized carbons (Fsp3) is 0.355. The molecule has 1 saturated carbocycles. The number of hydrogen-bond donors (Lipinski definition) is 1. The number of nitrogens with zero attached hydrogens (tertiary/aromatic N) is 3. The first-order valence-corrected chi connectivity index (χ1v) is 13.1. The highest BCUT2D eigenvalue weighted by Gasteiger charge is 2.24. The molecule has 4 aromatic rings. The zero-order valence-electron chi connectivity index (χ0n) is 20.4. The third-order valence-electron chi connectivity index (χ3n) is 7.87. The Balaban J connectivity index is 1.09. The minimum atomic E-state index is 0.431. The van der Waals surface area contributed by atoms with Crippen LogP contribution in [0.5, 0.6) is 5.88 Å². The predicted octanol–water partition coefficient (Wildman–Crippen LogP) is 6.10. The second kappa shape index (κ2) is 9.79. The zero-order chi connectivity index (χ0) is 23.6. The van der Waals surface area contributed by atoms with Crippen molar-refractivity contribution in [1.29, 1.82) is 0 Å². The van der Waals surface area contributed by atoms with Crippen LogP contribution in [0.25, 0.3) is 10.8 Å². The topological polar surface area (TPSA) is 31.6 Å². The third kappa shape index (κ3) is 4.94. The zero-order valence-corrected chi connectivity index (χ0v) is 20.4. The summed E-state index contributed by atoms with van der Waals surface area (Å²) in [6.07, 6.45) is 5.82. The first kappa shape index (κ1) is 22.2. The Morgan fingerprint density at radius 1 is 0.800 bits per heavy atom. The maximum absolute atomic E-state index is 10.8. The molecule has 1 saturated heterocycles. The lowest BCUT2D eigenvalue weighted by Crippen LogP contribution is -2.46. The van der Waals surface area contributed by atoms with Crippen LogP contribution < -0.4 is 4.90 Å². The molecule has 0 amide bonds. The van der Waals surface area contributed by atoms with E-state index < -0.39 is 0 Å². The molecule has 1 aliphatic heterocycles. The molecule has 0 atom stereocenters. The number of hydrogen-bond acceptors (Lipinski definition) is 3. The average molecular weight is 466 g/mol. The summed E-state index contributed by atoms with van der Waals surface area (Å²) in [7, 11) is 0. The molecule has 0 unspecified atom stereocenters. The molecule has 4 heteroatoms. The van der Waals surface area contributed by atoms with Crippen molar-refractivity contribution in [2.45, 2.75) is 31.7 Å². The van der Waals surface area contributed by atoms with E-state index in [2.05, 4.69) is 94.9 Å². The van der Waals surface area contributed by atoms with Gasteiger partial charge in [0.15, 0.2) is 5.88 Å². The number of anilines is 1. The number of benzene rings is 3. The number of fused-ring (bicyclic) bond motifs is 1. The summed E-state index contributed by atoms with van der Waals surface area (Å²) in [4.78, 5) is 5.08. The molecule has 0 radical (unpaired) electrons. The van der Waals surface area contributed by atoms with Crippen molar-refractivity contribution in [1.82, 2.24) is 9.47 Å². The van der Waals surface area contributed by atoms with Gasteiger partial charge in [-0.1, -0.05) is 66.7 Å². The van der Waals surface area contributed by atoms with Gasteiger partial charge in [-0.25, -0.2) is 0 Å². The predicted molar refractivity (Wildman–Crippen MR) is 144 cm³/mol. The molecule has 2 aliphatic rings. The molecule has 1 aliphatic carbocycles. The highest BCUT2D eigenvalue weighted by atomic mass is 16.3. The lowest BCUT2D eigenvalue weighted by atomic mass is 9.88. The second-order valence-electron chi connectivity index (χ2n) is 10.3. The molecular weight excluding hydrogens is 430 g/mol. The number of aromatic hydroxyl groups is 1. The van der Waals surface area contributed by atoms with Gasteiger partial charge in [-0.15, -0.1) is 0 Å². The maximum atomic E-state index is 10.8. The summed E-state index contributed by atoms with van der Waals surface area (Å²) < 4.78 is 2.04. The Bertz CT molecular complexity index is 1220. The normalized spacial score (nSPS) is 16.9. The van der Waals surface area contributed by atoms with Gasteiger partial charge in [-0.05, 0) is 55.0 Å².